The molecule has 35 heavy (non-hydrogen) atoms. The van der Waals surface area contributed by atoms with Crippen molar-refractivity contribution >= 4 is 19.6 Å². The van der Waals surface area contributed by atoms with Gasteiger partial charge in [0, 0.05) is 12.1 Å². The number of unbranched alkanes of at least 4 members (excludes halogenated alkanes) is 10. The Balaban J connectivity index is 2.49. The average molecular weight is 510 g/mol. The summed E-state index contributed by atoms with van der Waals surface area (Å²) in [6.07, 6.45) is 16.5. The topological polar surface area (TPSA) is 84.9 Å². The molecule has 0 fully saturated rings. The monoisotopic (exact) mass is 509 g/mol. The maximum absolute atomic E-state index is 12.9. The van der Waals surface area contributed by atoms with Crippen molar-refractivity contribution in [3.05, 3.63) is 35.5 Å². The summed E-state index contributed by atoms with van der Waals surface area (Å²) in [7, 11) is -3.21. The van der Waals surface area contributed by atoms with Crippen molar-refractivity contribution in [3.63, 3.8) is 0 Å². The largest absolute Gasteiger partial charge is 0.508 e. The van der Waals surface area contributed by atoms with Crippen LogP contribution in [-0.4, -0.2) is 30.4 Å². The van der Waals surface area contributed by atoms with Gasteiger partial charge in [-0.15, -0.1) is 0 Å². The Morgan fingerprint density at radius 3 is 1.86 bits per heavy atom. The van der Waals surface area contributed by atoms with Crippen LogP contribution in [0.15, 0.2) is 30.0 Å². The number of carbonyl (C=O) groups is 1. The lowest BCUT2D eigenvalue weighted by molar-refractivity contribution is -0.120. The molecule has 0 spiro atoms. The molecule has 1 rings (SSSR count). The fourth-order valence-corrected chi connectivity index (χ4v) is 5.59. The first-order valence-electron chi connectivity index (χ1n) is 13.6. The van der Waals surface area contributed by atoms with Crippen molar-refractivity contribution in [2.75, 3.05) is 19.4 Å². The Kier molecular flexibility index (Phi) is 17.5. The maximum atomic E-state index is 12.9. The van der Waals surface area contributed by atoms with E-state index < -0.39 is 7.60 Å². The van der Waals surface area contributed by atoms with Gasteiger partial charge >= 0.3 is 7.60 Å². The van der Waals surface area contributed by atoms with Crippen molar-refractivity contribution in [3.8, 4) is 5.75 Å². The third-order valence-corrected chi connectivity index (χ3v) is 7.92. The highest BCUT2D eigenvalue weighted by atomic mass is 31.2. The molecule has 6 nitrogen and oxygen atoms in total. The summed E-state index contributed by atoms with van der Waals surface area (Å²) in [4.78, 5) is 12.6. The van der Waals surface area contributed by atoms with Crippen LogP contribution in [0, 0.1) is 0 Å². The highest BCUT2D eigenvalue weighted by Crippen LogP contribution is 2.49. The second-order valence-electron chi connectivity index (χ2n) is 9.01. The zero-order valence-corrected chi connectivity index (χ0v) is 23.1. The fourth-order valence-electron chi connectivity index (χ4n) is 3.95. The lowest BCUT2D eigenvalue weighted by Gasteiger charge is -2.18. The third-order valence-electron chi connectivity index (χ3n) is 5.85. The van der Waals surface area contributed by atoms with Crippen LogP contribution in [0.2, 0.25) is 0 Å². The Morgan fingerprint density at radius 1 is 0.829 bits per heavy atom. The van der Waals surface area contributed by atoms with Gasteiger partial charge in [-0.25, -0.2) is 0 Å². The molecule has 0 aliphatic heterocycles. The van der Waals surface area contributed by atoms with Gasteiger partial charge in [-0.2, -0.15) is 0 Å². The molecule has 0 saturated heterocycles. The van der Waals surface area contributed by atoms with Gasteiger partial charge in [0.05, 0.1) is 19.4 Å². The number of hydrogen-bond donors (Lipinski definition) is 2. The lowest BCUT2D eigenvalue weighted by atomic mass is 10.1. The summed E-state index contributed by atoms with van der Waals surface area (Å²) in [5, 5.41) is 12.5. The molecule has 0 bridgehead atoms. The molecule has 1 aromatic carbocycles. The van der Waals surface area contributed by atoms with E-state index in [4.69, 9.17) is 9.05 Å². The summed E-state index contributed by atoms with van der Waals surface area (Å²) in [5.41, 5.74) is 1.51. The molecular formula is C28H48NO5P. The number of nitrogens with one attached hydrogen (secondary N) is 1. The number of carbonyl (C=O) groups excluding carboxylic acids is 1. The van der Waals surface area contributed by atoms with Crippen LogP contribution in [0.4, 0.5) is 0 Å². The predicted octanol–water partition coefficient (Wildman–Crippen LogP) is 8.21. The van der Waals surface area contributed by atoms with Crippen molar-refractivity contribution in [2.24, 2.45) is 0 Å². The minimum Gasteiger partial charge on any atom is -0.508 e. The van der Waals surface area contributed by atoms with Crippen LogP contribution in [-0.2, 0) is 18.4 Å². The molecule has 7 heteroatoms. The second-order valence-corrected chi connectivity index (χ2v) is 11.2. The first-order chi connectivity index (χ1) is 16.9. The smallest absolute Gasteiger partial charge is 0.331 e. The minimum absolute atomic E-state index is 0.0337. The molecule has 0 aliphatic carbocycles. The zero-order valence-electron chi connectivity index (χ0n) is 22.2. The molecule has 1 aromatic rings. The summed E-state index contributed by atoms with van der Waals surface area (Å²) in [5.74, 6) is 0.148. The molecule has 2 N–H and O–H groups in total. The Bertz CT molecular complexity index is 753. The molecule has 0 radical (unpaired) electrons. The van der Waals surface area contributed by atoms with Crippen LogP contribution >= 0.6 is 7.60 Å². The lowest BCUT2D eigenvalue weighted by Crippen LogP contribution is -2.23. The van der Waals surface area contributed by atoms with E-state index in [9.17, 15) is 14.5 Å². The van der Waals surface area contributed by atoms with E-state index in [0.717, 1.165) is 18.4 Å². The number of phenols is 1. The molecule has 0 unspecified atom stereocenters. The average Bonchev–Trinajstić information content (AvgIpc) is 2.83. The van der Waals surface area contributed by atoms with Crippen molar-refractivity contribution in [1.82, 2.24) is 5.32 Å². The van der Waals surface area contributed by atoms with Gasteiger partial charge in [-0.1, -0.05) is 83.3 Å². The first-order valence-corrected chi connectivity index (χ1v) is 15.3. The number of rotatable bonds is 21. The highest BCUT2D eigenvalue weighted by Gasteiger charge is 2.24. The van der Waals surface area contributed by atoms with Crippen molar-refractivity contribution in [2.45, 2.75) is 104 Å². The van der Waals surface area contributed by atoms with E-state index in [-0.39, 0.29) is 17.8 Å². The molecule has 0 atom stereocenters. The summed E-state index contributed by atoms with van der Waals surface area (Å²) in [6.45, 7) is 6.43. The van der Waals surface area contributed by atoms with Gasteiger partial charge in [0.1, 0.15) is 5.75 Å². The van der Waals surface area contributed by atoms with E-state index in [0.29, 0.717) is 31.8 Å². The molecule has 0 aromatic heterocycles. The van der Waals surface area contributed by atoms with Gasteiger partial charge in [0.15, 0.2) is 0 Å². The van der Waals surface area contributed by atoms with Gasteiger partial charge < -0.3 is 19.5 Å². The van der Waals surface area contributed by atoms with Gasteiger partial charge in [0.25, 0.3) is 0 Å². The number of benzene rings is 1. The van der Waals surface area contributed by atoms with Crippen molar-refractivity contribution < 1.29 is 23.5 Å². The fraction of sp³-hybridized carbons (Fsp3) is 0.679. The maximum Gasteiger partial charge on any atom is 0.331 e. The molecule has 0 heterocycles. The molecule has 1 amide bonds. The molecule has 200 valence electrons. The predicted molar refractivity (Wildman–Crippen MR) is 146 cm³/mol. The summed E-state index contributed by atoms with van der Waals surface area (Å²) < 4.78 is 23.7. The van der Waals surface area contributed by atoms with E-state index >= 15 is 0 Å². The number of phenolic OH excluding ortho intramolecular Hbond substituents is 1. The molecule has 0 aliphatic rings. The Labute approximate surface area is 213 Å². The Morgan fingerprint density at radius 2 is 1.34 bits per heavy atom. The standard InChI is InChI=1S/C28H48NO5P/c1-4-7-8-9-10-11-12-13-14-15-16-17-28(31)29-26(24-25-18-20-27(30)21-19-25)22-23-35(32,33-5-2)34-6-3/h18-21,24,30H,4-17,22-23H2,1-3H3,(H,29,31)/b26-24+. The number of aromatic hydroxyl groups is 1. The minimum atomic E-state index is -3.21. The summed E-state index contributed by atoms with van der Waals surface area (Å²) >= 11 is 0. The number of hydrogen-bond acceptors (Lipinski definition) is 5. The van der Waals surface area contributed by atoms with Crippen LogP contribution in [0.5, 0.6) is 5.75 Å². The van der Waals surface area contributed by atoms with E-state index in [1.807, 2.05) is 6.08 Å². The van der Waals surface area contributed by atoms with E-state index in [1.54, 1.807) is 38.1 Å². The van der Waals surface area contributed by atoms with Crippen LogP contribution < -0.4 is 5.32 Å². The number of allylic oxidation sites excluding steroid dienone is 1. The third kappa shape index (κ3) is 15.9. The van der Waals surface area contributed by atoms with Gasteiger partial charge in [-0.05, 0) is 50.5 Å². The first kappa shape index (κ1) is 31.4. The van der Waals surface area contributed by atoms with E-state index in [2.05, 4.69) is 12.2 Å². The van der Waals surface area contributed by atoms with Gasteiger partial charge in [-0.3, -0.25) is 9.36 Å². The zero-order chi connectivity index (χ0) is 25.8. The van der Waals surface area contributed by atoms with Gasteiger partial charge in [0.2, 0.25) is 5.91 Å². The quantitative estimate of drug-likeness (QED) is 0.129. The van der Waals surface area contributed by atoms with Crippen LogP contribution in [0.25, 0.3) is 6.08 Å². The SMILES string of the molecule is CCCCCCCCCCCCCC(=O)N/C(=C/c1ccc(O)cc1)CCP(=O)(OCC)OCC. The molecular weight excluding hydrogens is 461 g/mol. The van der Waals surface area contributed by atoms with Crippen molar-refractivity contribution in [1.29, 1.82) is 0 Å². The Hall–Kier alpha value is -1.62. The summed E-state index contributed by atoms with van der Waals surface area (Å²) in [6, 6.07) is 6.75. The number of amides is 1. The molecule has 0 saturated carbocycles. The highest BCUT2D eigenvalue weighted by molar-refractivity contribution is 7.53. The van der Waals surface area contributed by atoms with E-state index in [1.165, 1.54) is 57.8 Å². The normalized spacial score (nSPS) is 12.1. The van der Waals surface area contributed by atoms with Crippen LogP contribution in [0.3, 0.4) is 0 Å². The van der Waals surface area contributed by atoms with Crippen LogP contribution in [0.1, 0.15) is 110 Å². The second kappa shape index (κ2) is 19.6.